The third-order valence-electron chi connectivity index (χ3n) is 5.06. The van der Waals surface area contributed by atoms with Crippen LogP contribution in [0.2, 0.25) is 0 Å². The summed E-state index contributed by atoms with van der Waals surface area (Å²) in [5.41, 5.74) is 1.63. The number of hydrogen-bond acceptors (Lipinski definition) is 6. The summed E-state index contributed by atoms with van der Waals surface area (Å²) in [6.07, 6.45) is 1.68. The lowest BCUT2D eigenvalue weighted by Crippen LogP contribution is -2.27. The Hall–Kier alpha value is -3.45. The fourth-order valence-corrected chi connectivity index (χ4v) is 4.46. The van der Waals surface area contributed by atoms with Crippen LogP contribution >= 0.6 is 11.8 Å². The molecule has 1 saturated heterocycles. The van der Waals surface area contributed by atoms with Crippen LogP contribution in [-0.4, -0.2) is 29.9 Å². The van der Waals surface area contributed by atoms with Crippen LogP contribution in [0.1, 0.15) is 11.1 Å². The maximum Gasteiger partial charge on any atom is 0.293 e. The predicted octanol–water partition coefficient (Wildman–Crippen LogP) is 4.81. The SMILES string of the molecule is COc1cc(C=C2SC(=O)N(Cc3cccc4ccccc34)C2=O)cc2c1OCO2. The first-order valence-corrected chi connectivity index (χ1v) is 10.2. The van der Waals surface area contributed by atoms with Crippen LogP contribution in [0.5, 0.6) is 17.2 Å². The number of nitrogens with zero attached hydrogens (tertiary/aromatic N) is 1. The summed E-state index contributed by atoms with van der Waals surface area (Å²) >= 11 is 0.934. The molecule has 0 spiro atoms. The number of fused-ring (bicyclic) bond motifs is 2. The summed E-state index contributed by atoms with van der Waals surface area (Å²) in [5.74, 6) is 1.30. The topological polar surface area (TPSA) is 65.1 Å². The van der Waals surface area contributed by atoms with Gasteiger partial charge in [0.15, 0.2) is 11.5 Å². The van der Waals surface area contributed by atoms with Crippen LogP contribution in [0.25, 0.3) is 16.8 Å². The number of ether oxygens (including phenoxy) is 3. The number of benzene rings is 3. The van der Waals surface area contributed by atoms with E-state index in [-0.39, 0.29) is 24.5 Å². The van der Waals surface area contributed by atoms with E-state index in [1.54, 1.807) is 25.3 Å². The smallest absolute Gasteiger partial charge is 0.293 e. The van der Waals surface area contributed by atoms with Crippen LogP contribution in [0, 0.1) is 0 Å². The highest BCUT2D eigenvalue weighted by Gasteiger charge is 2.35. The molecule has 0 bridgehead atoms. The van der Waals surface area contributed by atoms with Gasteiger partial charge in [-0.15, -0.1) is 0 Å². The number of carbonyl (C=O) groups excluding carboxylic acids is 2. The number of amides is 2. The zero-order chi connectivity index (χ0) is 20.7. The van der Waals surface area contributed by atoms with Crippen molar-refractivity contribution in [1.29, 1.82) is 0 Å². The molecule has 0 atom stereocenters. The van der Waals surface area contributed by atoms with Crippen molar-refractivity contribution >= 4 is 39.8 Å². The van der Waals surface area contributed by atoms with Gasteiger partial charge in [0, 0.05) is 0 Å². The average molecular weight is 419 g/mol. The maximum atomic E-state index is 13.0. The quantitative estimate of drug-likeness (QED) is 0.566. The fourth-order valence-electron chi connectivity index (χ4n) is 3.62. The van der Waals surface area contributed by atoms with Gasteiger partial charge in [0.1, 0.15) is 0 Å². The summed E-state index contributed by atoms with van der Waals surface area (Å²) in [6.45, 7) is 0.352. The van der Waals surface area contributed by atoms with Gasteiger partial charge in [-0.2, -0.15) is 0 Å². The van der Waals surface area contributed by atoms with Crippen molar-refractivity contribution in [3.8, 4) is 17.2 Å². The lowest BCUT2D eigenvalue weighted by atomic mass is 10.0. The largest absolute Gasteiger partial charge is 0.493 e. The molecule has 0 aliphatic carbocycles. The molecule has 0 saturated carbocycles. The van der Waals surface area contributed by atoms with E-state index in [0.717, 1.165) is 28.1 Å². The Morgan fingerprint density at radius 2 is 1.93 bits per heavy atom. The summed E-state index contributed by atoms with van der Waals surface area (Å²) in [4.78, 5) is 27.2. The molecule has 30 heavy (non-hydrogen) atoms. The Kier molecular flexibility index (Phi) is 4.59. The molecule has 5 rings (SSSR count). The van der Waals surface area contributed by atoms with Crippen molar-refractivity contribution in [1.82, 2.24) is 4.90 Å². The molecular formula is C23H17NO5S. The van der Waals surface area contributed by atoms with Crippen molar-refractivity contribution in [2.24, 2.45) is 0 Å². The van der Waals surface area contributed by atoms with Gasteiger partial charge >= 0.3 is 0 Å². The van der Waals surface area contributed by atoms with Crippen molar-refractivity contribution in [3.63, 3.8) is 0 Å². The molecule has 0 radical (unpaired) electrons. The monoisotopic (exact) mass is 419 g/mol. The van der Waals surface area contributed by atoms with E-state index in [0.29, 0.717) is 27.7 Å². The van der Waals surface area contributed by atoms with Gasteiger partial charge in [-0.05, 0) is 51.9 Å². The third-order valence-corrected chi connectivity index (χ3v) is 5.97. The first-order chi connectivity index (χ1) is 14.6. The van der Waals surface area contributed by atoms with Crippen molar-refractivity contribution in [2.45, 2.75) is 6.54 Å². The molecule has 1 fully saturated rings. The number of hydrogen-bond donors (Lipinski definition) is 0. The molecule has 3 aromatic carbocycles. The first-order valence-electron chi connectivity index (χ1n) is 9.33. The van der Waals surface area contributed by atoms with Gasteiger partial charge in [-0.25, -0.2) is 0 Å². The van der Waals surface area contributed by atoms with Crippen molar-refractivity contribution in [3.05, 3.63) is 70.6 Å². The molecular weight excluding hydrogens is 402 g/mol. The highest BCUT2D eigenvalue weighted by molar-refractivity contribution is 8.18. The van der Waals surface area contributed by atoms with Gasteiger partial charge in [0.25, 0.3) is 11.1 Å². The van der Waals surface area contributed by atoms with Gasteiger partial charge in [0.2, 0.25) is 12.5 Å². The van der Waals surface area contributed by atoms with E-state index in [1.807, 2.05) is 42.5 Å². The van der Waals surface area contributed by atoms with E-state index in [4.69, 9.17) is 14.2 Å². The Labute approximate surface area is 177 Å². The fraction of sp³-hybridized carbons (Fsp3) is 0.130. The summed E-state index contributed by atoms with van der Waals surface area (Å²) < 4.78 is 16.2. The van der Waals surface area contributed by atoms with Crippen LogP contribution in [0.4, 0.5) is 4.79 Å². The average Bonchev–Trinajstić information content (AvgIpc) is 3.33. The minimum Gasteiger partial charge on any atom is -0.493 e. The van der Waals surface area contributed by atoms with Gasteiger partial charge in [0.05, 0.1) is 18.6 Å². The Bertz CT molecular complexity index is 1210. The second kappa shape index (κ2) is 7.42. The normalized spacial score (nSPS) is 16.7. The zero-order valence-electron chi connectivity index (χ0n) is 16.1. The van der Waals surface area contributed by atoms with E-state index >= 15 is 0 Å². The van der Waals surface area contributed by atoms with Crippen LogP contribution < -0.4 is 14.2 Å². The molecule has 6 nitrogen and oxygen atoms in total. The molecule has 0 aromatic heterocycles. The van der Waals surface area contributed by atoms with Gasteiger partial charge < -0.3 is 14.2 Å². The lowest BCUT2D eigenvalue weighted by molar-refractivity contribution is -0.123. The predicted molar refractivity (Wildman–Crippen MR) is 115 cm³/mol. The van der Waals surface area contributed by atoms with Gasteiger partial charge in [-0.1, -0.05) is 42.5 Å². The number of methoxy groups -OCH3 is 1. The standard InChI is InChI=1S/C23H17NO5S/c1-27-18-9-14(10-19-21(18)29-13-28-19)11-20-22(25)24(23(26)30-20)12-16-7-4-6-15-5-2-3-8-17(15)16/h2-11H,12-13H2,1H3. The van der Waals surface area contributed by atoms with E-state index in [9.17, 15) is 9.59 Å². The Morgan fingerprint density at radius 3 is 2.80 bits per heavy atom. The summed E-state index contributed by atoms with van der Waals surface area (Å²) in [6, 6.07) is 17.3. The minimum absolute atomic E-state index is 0.122. The molecule has 2 amide bonds. The maximum absolute atomic E-state index is 13.0. The summed E-state index contributed by atoms with van der Waals surface area (Å²) in [5, 5.41) is 1.82. The highest BCUT2D eigenvalue weighted by Crippen LogP contribution is 2.43. The van der Waals surface area contributed by atoms with Crippen LogP contribution in [0.15, 0.2) is 59.5 Å². The number of rotatable bonds is 4. The third kappa shape index (κ3) is 3.17. The van der Waals surface area contributed by atoms with E-state index in [2.05, 4.69) is 0 Å². The Balaban J connectivity index is 1.45. The van der Waals surface area contributed by atoms with Crippen molar-refractivity contribution < 1.29 is 23.8 Å². The molecule has 2 aliphatic heterocycles. The molecule has 2 heterocycles. The summed E-state index contributed by atoms with van der Waals surface area (Å²) in [7, 11) is 1.54. The van der Waals surface area contributed by atoms with Crippen LogP contribution in [0.3, 0.4) is 0 Å². The lowest BCUT2D eigenvalue weighted by Gasteiger charge is -2.14. The number of imide groups is 1. The molecule has 150 valence electrons. The second-order valence-corrected chi connectivity index (χ2v) is 7.86. The minimum atomic E-state index is -0.311. The van der Waals surface area contributed by atoms with Gasteiger partial charge in [-0.3, -0.25) is 14.5 Å². The zero-order valence-corrected chi connectivity index (χ0v) is 16.9. The molecule has 0 N–H and O–H groups in total. The second-order valence-electron chi connectivity index (χ2n) is 6.86. The van der Waals surface area contributed by atoms with Crippen LogP contribution in [-0.2, 0) is 11.3 Å². The number of carbonyl (C=O) groups is 2. The first kappa shape index (κ1) is 18.6. The molecule has 0 unspecified atom stereocenters. The molecule has 3 aromatic rings. The molecule has 2 aliphatic rings. The highest BCUT2D eigenvalue weighted by atomic mass is 32.2. The van der Waals surface area contributed by atoms with E-state index in [1.165, 1.54) is 4.90 Å². The number of thioether (sulfide) groups is 1. The Morgan fingerprint density at radius 1 is 1.10 bits per heavy atom. The molecule has 7 heteroatoms. The van der Waals surface area contributed by atoms with E-state index < -0.39 is 0 Å². The van der Waals surface area contributed by atoms with Crippen molar-refractivity contribution in [2.75, 3.05) is 13.9 Å².